The van der Waals surface area contributed by atoms with Gasteiger partial charge in [-0.3, -0.25) is 0 Å². The van der Waals surface area contributed by atoms with Gasteiger partial charge in [-0.05, 0) is 32.4 Å². The number of hydrogen-bond acceptors (Lipinski definition) is 4. The van der Waals surface area contributed by atoms with Crippen molar-refractivity contribution in [3.8, 4) is 0 Å². The van der Waals surface area contributed by atoms with Crippen LogP contribution in [0.1, 0.15) is 25.1 Å². The van der Waals surface area contributed by atoms with Gasteiger partial charge in [0.25, 0.3) is 0 Å². The van der Waals surface area contributed by atoms with Crippen LogP contribution in [-0.4, -0.2) is 16.0 Å². The highest BCUT2D eigenvalue weighted by molar-refractivity contribution is 6.31. The van der Waals surface area contributed by atoms with Crippen molar-refractivity contribution in [3.05, 3.63) is 46.6 Å². The highest BCUT2D eigenvalue weighted by atomic mass is 35.5. The molecule has 0 unspecified atom stereocenters. The Kier molecular flexibility index (Phi) is 4.79. The van der Waals surface area contributed by atoms with Gasteiger partial charge in [0.2, 0.25) is 5.95 Å². The predicted octanol–water partition coefficient (Wildman–Crippen LogP) is 3.87. The normalized spacial score (nSPS) is 10.7. The second-order valence-corrected chi connectivity index (χ2v) is 5.37. The molecule has 4 nitrogen and oxygen atoms in total. The average Bonchev–Trinajstić information content (AvgIpc) is 2.36. The van der Waals surface area contributed by atoms with Crippen molar-refractivity contribution in [1.29, 1.82) is 0 Å². The fourth-order valence-electron chi connectivity index (χ4n) is 1.81. The third-order valence-electron chi connectivity index (χ3n) is 2.69. The molecule has 0 aliphatic heterocycles. The summed E-state index contributed by atoms with van der Waals surface area (Å²) < 4.78 is 0. The molecule has 1 aromatic carbocycles. The Morgan fingerprint density at radius 1 is 1.20 bits per heavy atom. The van der Waals surface area contributed by atoms with Crippen LogP contribution >= 0.6 is 11.6 Å². The standard InChI is InChI=1S/C15H19ClN4/c1-10(2)18-15-19-11(3)8-14(20-15)17-9-12-6-4-5-7-13(12)16/h4-8,10H,9H2,1-3H3,(H2,17,18,19,20). The van der Waals surface area contributed by atoms with Crippen LogP contribution in [-0.2, 0) is 6.54 Å². The van der Waals surface area contributed by atoms with Crippen LogP contribution < -0.4 is 10.6 Å². The van der Waals surface area contributed by atoms with Crippen molar-refractivity contribution < 1.29 is 0 Å². The molecule has 0 fully saturated rings. The molecule has 1 heterocycles. The minimum absolute atomic E-state index is 0.299. The van der Waals surface area contributed by atoms with Crippen LogP contribution in [0, 0.1) is 6.92 Å². The van der Waals surface area contributed by atoms with Crippen molar-refractivity contribution >= 4 is 23.4 Å². The van der Waals surface area contributed by atoms with Gasteiger partial charge in [-0.2, -0.15) is 4.98 Å². The molecule has 2 N–H and O–H groups in total. The predicted molar refractivity (Wildman–Crippen MR) is 84.3 cm³/mol. The summed E-state index contributed by atoms with van der Waals surface area (Å²) in [7, 11) is 0. The van der Waals surface area contributed by atoms with Gasteiger partial charge >= 0.3 is 0 Å². The Hall–Kier alpha value is -1.81. The van der Waals surface area contributed by atoms with Crippen molar-refractivity contribution in [2.75, 3.05) is 10.6 Å². The molecule has 5 heteroatoms. The molecule has 0 spiro atoms. The first-order chi connectivity index (χ1) is 9.54. The Labute approximate surface area is 124 Å². The van der Waals surface area contributed by atoms with E-state index in [1.807, 2.05) is 37.3 Å². The van der Waals surface area contributed by atoms with E-state index in [1.165, 1.54) is 0 Å². The second kappa shape index (κ2) is 6.57. The number of nitrogens with zero attached hydrogens (tertiary/aromatic N) is 2. The number of nitrogens with one attached hydrogen (secondary N) is 2. The maximum absolute atomic E-state index is 6.14. The topological polar surface area (TPSA) is 49.8 Å². The summed E-state index contributed by atoms with van der Waals surface area (Å²) in [6, 6.07) is 9.99. The molecule has 0 radical (unpaired) electrons. The van der Waals surface area contributed by atoms with Crippen molar-refractivity contribution in [2.24, 2.45) is 0 Å². The molecule has 0 saturated heterocycles. The SMILES string of the molecule is Cc1cc(NCc2ccccc2Cl)nc(NC(C)C)n1. The van der Waals surface area contributed by atoms with Gasteiger partial charge in [0.15, 0.2) is 0 Å². The highest BCUT2D eigenvalue weighted by Crippen LogP contribution is 2.17. The summed E-state index contributed by atoms with van der Waals surface area (Å²) in [4.78, 5) is 8.80. The molecule has 0 bridgehead atoms. The molecule has 2 aromatic rings. The number of hydrogen-bond donors (Lipinski definition) is 2. The largest absolute Gasteiger partial charge is 0.366 e. The van der Waals surface area contributed by atoms with E-state index in [2.05, 4.69) is 34.4 Å². The monoisotopic (exact) mass is 290 g/mol. The highest BCUT2D eigenvalue weighted by Gasteiger charge is 2.04. The molecule has 0 amide bonds. The smallest absolute Gasteiger partial charge is 0.225 e. The number of rotatable bonds is 5. The minimum Gasteiger partial charge on any atom is -0.366 e. The molecule has 0 aliphatic carbocycles. The number of halogens is 1. The lowest BCUT2D eigenvalue weighted by molar-refractivity contribution is 0.870. The number of benzene rings is 1. The van der Waals surface area contributed by atoms with E-state index in [-0.39, 0.29) is 0 Å². The third-order valence-corrected chi connectivity index (χ3v) is 3.06. The van der Waals surface area contributed by atoms with Crippen LogP contribution in [0.3, 0.4) is 0 Å². The fraction of sp³-hybridized carbons (Fsp3) is 0.333. The average molecular weight is 291 g/mol. The minimum atomic E-state index is 0.299. The van der Waals surface area contributed by atoms with Crippen molar-refractivity contribution in [1.82, 2.24) is 9.97 Å². The Bertz CT molecular complexity index is 584. The summed E-state index contributed by atoms with van der Waals surface area (Å²) in [6.45, 7) is 6.70. The van der Waals surface area contributed by atoms with Crippen LogP contribution in [0.5, 0.6) is 0 Å². The van der Waals surface area contributed by atoms with Gasteiger partial charge in [-0.1, -0.05) is 29.8 Å². The molecular weight excluding hydrogens is 272 g/mol. The van der Waals surface area contributed by atoms with E-state index in [4.69, 9.17) is 11.6 Å². The molecular formula is C15H19ClN4. The van der Waals surface area contributed by atoms with Gasteiger partial charge in [0.1, 0.15) is 5.82 Å². The zero-order chi connectivity index (χ0) is 14.5. The maximum atomic E-state index is 6.14. The first-order valence-corrected chi connectivity index (χ1v) is 7.02. The van der Waals surface area contributed by atoms with E-state index in [0.717, 1.165) is 22.1 Å². The van der Waals surface area contributed by atoms with Crippen molar-refractivity contribution in [2.45, 2.75) is 33.4 Å². The van der Waals surface area contributed by atoms with Crippen molar-refractivity contribution in [3.63, 3.8) is 0 Å². The molecule has 20 heavy (non-hydrogen) atoms. The van der Waals surface area contributed by atoms with E-state index in [9.17, 15) is 0 Å². The van der Waals surface area contributed by atoms with Gasteiger partial charge in [0.05, 0.1) is 0 Å². The van der Waals surface area contributed by atoms with Gasteiger partial charge in [-0.25, -0.2) is 4.98 Å². The summed E-state index contributed by atoms with van der Waals surface area (Å²) in [5, 5.41) is 7.24. The lowest BCUT2D eigenvalue weighted by atomic mass is 10.2. The lowest BCUT2D eigenvalue weighted by Gasteiger charge is -2.12. The van der Waals surface area contributed by atoms with Gasteiger partial charge in [-0.15, -0.1) is 0 Å². The summed E-state index contributed by atoms with van der Waals surface area (Å²) >= 11 is 6.14. The zero-order valence-corrected chi connectivity index (χ0v) is 12.7. The molecule has 2 rings (SSSR count). The summed E-state index contributed by atoms with van der Waals surface area (Å²) in [5.74, 6) is 1.43. The zero-order valence-electron chi connectivity index (χ0n) is 11.9. The van der Waals surface area contributed by atoms with E-state index in [0.29, 0.717) is 18.5 Å². The van der Waals surface area contributed by atoms with Crippen LogP contribution in [0.15, 0.2) is 30.3 Å². The molecule has 0 aliphatic rings. The molecule has 0 saturated carbocycles. The van der Waals surface area contributed by atoms with Gasteiger partial charge < -0.3 is 10.6 Å². The quantitative estimate of drug-likeness (QED) is 0.877. The molecule has 0 atom stereocenters. The first kappa shape index (κ1) is 14.6. The number of aryl methyl sites for hydroxylation is 1. The van der Waals surface area contributed by atoms with Crippen LogP contribution in [0.2, 0.25) is 5.02 Å². The number of aromatic nitrogens is 2. The van der Waals surface area contributed by atoms with E-state index < -0.39 is 0 Å². The van der Waals surface area contributed by atoms with Crippen LogP contribution in [0.4, 0.5) is 11.8 Å². The maximum Gasteiger partial charge on any atom is 0.225 e. The second-order valence-electron chi connectivity index (χ2n) is 4.96. The van der Waals surface area contributed by atoms with Gasteiger partial charge in [0, 0.05) is 29.4 Å². The summed E-state index contributed by atoms with van der Waals surface area (Å²) in [5.41, 5.74) is 1.97. The first-order valence-electron chi connectivity index (χ1n) is 6.64. The lowest BCUT2D eigenvalue weighted by Crippen LogP contribution is -2.14. The molecule has 1 aromatic heterocycles. The Morgan fingerprint density at radius 3 is 2.65 bits per heavy atom. The van der Waals surface area contributed by atoms with E-state index in [1.54, 1.807) is 0 Å². The van der Waals surface area contributed by atoms with Crippen LogP contribution in [0.25, 0.3) is 0 Å². The fourth-order valence-corrected chi connectivity index (χ4v) is 2.01. The number of anilines is 2. The summed E-state index contributed by atoms with van der Waals surface area (Å²) in [6.07, 6.45) is 0. The molecule has 106 valence electrons. The Morgan fingerprint density at radius 2 is 1.95 bits per heavy atom. The Balaban J connectivity index is 2.09. The van der Waals surface area contributed by atoms with E-state index >= 15 is 0 Å². The third kappa shape index (κ3) is 4.10.